The van der Waals surface area contributed by atoms with E-state index in [0.717, 1.165) is 6.07 Å². The van der Waals surface area contributed by atoms with Gasteiger partial charge < -0.3 is 0 Å². The van der Waals surface area contributed by atoms with Crippen LogP contribution < -0.4 is 0 Å². The van der Waals surface area contributed by atoms with E-state index in [9.17, 15) is 9.18 Å². The molecule has 0 bridgehead atoms. The van der Waals surface area contributed by atoms with E-state index in [0.29, 0.717) is 0 Å². The zero-order chi connectivity index (χ0) is 11.4. The molecule has 1 atom stereocenters. The van der Waals surface area contributed by atoms with E-state index in [4.69, 9.17) is 16.9 Å². The average molecular weight is 226 g/mol. The summed E-state index contributed by atoms with van der Waals surface area (Å²) in [5, 5.41) is 8.77. The van der Waals surface area contributed by atoms with Gasteiger partial charge in [0.1, 0.15) is 5.82 Å². The largest absolute Gasteiger partial charge is 0.294 e. The third-order valence-electron chi connectivity index (χ3n) is 1.94. The molecule has 0 spiro atoms. The third-order valence-corrected chi connectivity index (χ3v) is 2.18. The Balaban J connectivity index is 2.88. The van der Waals surface area contributed by atoms with Gasteiger partial charge in [-0.1, -0.05) is 11.6 Å². The zero-order valence-corrected chi connectivity index (χ0v) is 8.88. The lowest BCUT2D eigenvalue weighted by Crippen LogP contribution is -2.06. The van der Waals surface area contributed by atoms with Crippen molar-refractivity contribution in [3.05, 3.63) is 34.6 Å². The van der Waals surface area contributed by atoms with Crippen LogP contribution in [0.4, 0.5) is 4.39 Å². The highest BCUT2D eigenvalue weighted by atomic mass is 35.5. The summed E-state index contributed by atoms with van der Waals surface area (Å²) in [6.07, 6.45) is 0.0229. The molecule has 4 heteroatoms. The highest BCUT2D eigenvalue weighted by Gasteiger charge is 2.14. The Morgan fingerprint density at radius 3 is 2.87 bits per heavy atom. The molecule has 1 unspecified atom stereocenters. The Morgan fingerprint density at radius 1 is 1.67 bits per heavy atom. The molecular weight excluding hydrogens is 217 g/mol. The molecule has 0 amide bonds. The second-order valence-corrected chi connectivity index (χ2v) is 3.72. The first-order valence-electron chi connectivity index (χ1n) is 4.42. The lowest BCUT2D eigenvalue weighted by atomic mass is 10.0. The number of nitrogens with zero attached hydrogens (tertiary/aromatic N) is 1. The first-order chi connectivity index (χ1) is 7.04. The Labute approximate surface area is 92.3 Å². The Morgan fingerprint density at radius 2 is 2.33 bits per heavy atom. The maximum Gasteiger partial charge on any atom is 0.167 e. The van der Waals surface area contributed by atoms with Crippen LogP contribution in [0.2, 0.25) is 5.02 Å². The van der Waals surface area contributed by atoms with E-state index in [1.165, 1.54) is 12.1 Å². The van der Waals surface area contributed by atoms with Gasteiger partial charge in [-0.3, -0.25) is 4.79 Å². The van der Waals surface area contributed by atoms with Gasteiger partial charge in [-0.2, -0.15) is 5.26 Å². The van der Waals surface area contributed by atoms with Gasteiger partial charge in [-0.25, -0.2) is 4.39 Å². The lowest BCUT2D eigenvalue weighted by Gasteiger charge is -2.03. The van der Waals surface area contributed by atoms with Crippen molar-refractivity contribution in [2.24, 2.45) is 5.92 Å². The number of hydrogen-bond acceptors (Lipinski definition) is 2. The number of ketones is 1. The average Bonchev–Trinajstić information content (AvgIpc) is 2.17. The molecule has 1 aromatic carbocycles. The van der Waals surface area contributed by atoms with Gasteiger partial charge in [0, 0.05) is 11.4 Å². The Bertz CT molecular complexity index is 425. The first kappa shape index (κ1) is 11.7. The molecule has 1 rings (SSSR count). The van der Waals surface area contributed by atoms with Gasteiger partial charge >= 0.3 is 0 Å². The van der Waals surface area contributed by atoms with Crippen LogP contribution in [-0.2, 0) is 0 Å². The van der Waals surface area contributed by atoms with Crippen molar-refractivity contribution >= 4 is 17.4 Å². The van der Waals surface area contributed by atoms with Gasteiger partial charge in [0.15, 0.2) is 5.78 Å². The van der Waals surface area contributed by atoms with Crippen molar-refractivity contribution < 1.29 is 9.18 Å². The molecule has 15 heavy (non-hydrogen) atoms. The quantitative estimate of drug-likeness (QED) is 0.741. The van der Waals surface area contributed by atoms with Crippen molar-refractivity contribution in [2.45, 2.75) is 13.3 Å². The molecule has 0 fully saturated rings. The SMILES string of the molecule is CC(C#N)CC(=O)c1ccc(Cl)cc1F. The minimum atomic E-state index is -0.641. The lowest BCUT2D eigenvalue weighted by molar-refractivity contribution is 0.0969. The minimum absolute atomic E-state index is 0.0125. The molecular formula is C11H9ClFNO. The van der Waals surface area contributed by atoms with Crippen LogP contribution in [0.25, 0.3) is 0 Å². The summed E-state index contributed by atoms with van der Waals surface area (Å²) in [5.74, 6) is -1.43. The van der Waals surface area contributed by atoms with Crippen LogP contribution >= 0.6 is 11.6 Å². The standard InChI is InChI=1S/C11H9ClFNO/c1-7(6-14)4-11(15)9-3-2-8(12)5-10(9)13/h2-3,5,7H,4H2,1H3. The molecule has 0 N–H and O–H groups in total. The molecule has 0 aliphatic rings. The number of carbonyl (C=O) groups is 1. The van der Waals surface area contributed by atoms with Gasteiger partial charge in [-0.15, -0.1) is 0 Å². The number of rotatable bonds is 3. The van der Waals surface area contributed by atoms with Crippen molar-refractivity contribution in [2.75, 3.05) is 0 Å². The van der Waals surface area contributed by atoms with Crippen molar-refractivity contribution in [1.82, 2.24) is 0 Å². The summed E-state index contributed by atoms with van der Waals surface area (Å²) in [6.45, 7) is 1.62. The number of nitriles is 1. The highest BCUT2D eigenvalue weighted by Crippen LogP contribution is 2.17. The normalized spacial score (nSPS) is 11.9. The topological polar surface area (TPSA) is 40.9 Å². The smallest absolute Gasteiger partial charge is 0.167 e. The summed E-state index contributed by atoms with van der Waals surface area (Å²) >= 11 is 5.55. The summed E-state index contributed by atoms with van der Waals surface area (Å²) in [7, 11) is 0. The summed E-state index contributed by atoms with van der Waals surface area (Å²) in [6, 6.07) is 5.81. The number of benzene rings is 1. The first-order valence-corrected chi connectivity index (χ1v) is 4.80. The minimum Gasteiger partial charge on any atom is -0.294 e. The van der Waals surface area contributed by atoms with Crippen molar-refractivity contribution in [3.63, 3.8) is 0 Å². The van der Waals surface area contributed by atoms with Crippen LogP contribution in [0.1, 0.15) is 23.7 Å². The molecule has 1 aromatic rings. The fraction of sp³-hybridized carbons (Fsp3) is 0.273. The van der Waals surface area contributed by atoms with E-state index in [2.05, 4.69) is 0 Å². The van der Waals surface area contributed by atoms with E-state index in [1.807, 2.05) is 6.07 Å². The molecule has 0 aliphatic carbocycles. The van der Waals surface area contributed by atoms with Crippen LogP contribution in [-0.4, -0.2) is 5.78 Å². The van der Waals surface area contributed by atoms with E-state index in [1.54, 1.807) is 6.92 Å². The molecule has 0 radical (unpaired) electrons. The van der Waals surface area contributed by atoms with Gasteiger partial charge in [0.25, 0.3) is 0 Å². The van der Waals surface area contributed by atoms with E-state index >= 15 is 0 Å². The Kier molecular flexibility index (Phi) is 3.81. The number of carbonyl (C=O) groups excluding carboxylic acids is 1. The highest BCUT2D eigenvalue weighted by molar-refractivity contribution is 6.30. The number of hydrogen-bond donors (Lipinski definition) is 0. The Hall–Kier alpha value is -1.40. The number of Topliss-reactive ketones (excluding diaryl/α,β-unsaturated/α-hetero) is 1. The predicted molar refractivity (Wildman–Crippen MR) is 55.1 cm³/mol. The van der Waals surface area contributed by atoms with Gasteiger partial charge in [0.2, 0.25) is 0 Å². The molecule has 78 valence electrons. The van der Waals surface area contributed by atoms with Gasteiger partial charge in [0.05, 0.1) is 17.6 Å². The molecule has 0 saturated carbocycles. The predicted octanol–water partition coefficient (Wildman–Crippen LogP) is 3.21. The van der Waals surface area contributed by atoms with Gasteiger partial charge in [-0.05, 0) is 25.1 Å². The molecule has 0 aromatic heterocycles. The molecule has 0 saturated heterocycles. The summed E-state index contributed by atoms with van der Waals surface area (Å²) < 4.78 is 13.3. The number of halogens is 2. The second kappa shape index (κ2) is 4.90. The van der Waals surface area contributed by atoms with Crippen LogP contribution in [0.15, 0.2) is 18.2 Å². The maximum absolute atomic E-state index is 13.3. The van der Waals surface area contributed by atoms with E-state index in [-0.39, 0.29) is 22.8 Å². The zero-order valence-electron chi connectivity index (χ0n) is 8.13. The summed E-state index contributed by atoms with van der Waals surface area (Å²) in [4.78, 5) is 11.5. The van der Waals surface area contributed by atoms with Crippen LogP contribution in [0, 0.1) is 23.1 Å². The van der Waals surface area contributed by atoms with Crippen LogP contribution in [0.5, 0.6) is 0 Å². The second-order valence-electron chi connectivity index (χ2n) is 3.28. The van der Waals surface area contributed by atoms with Crippen molar-refractivity contribution in [3.8, 4) is 6.07 Å². The fourth-order valence-corrected chi connectivity index (χ4v) is 1.31. The fourth-order valence-electron chi connectivity index (χ4n) is 1.15. The maximum atomic E-state index is 13.3. The van der Waals surface area contributed by atoms with Crippen LogP contribution in [0.3, 0.4) is 0 Å². The monoisotopic (exact) mass is 225 g/mol. The summed E-state index contributed by atoms with van der Waals surface area (Å²) in [5.41, 5.74) is -0.0125. The third kappa shape index (κ3) is 3.03. The molecule has 2 nitrogen and oxygen atoms in total. The van der Waals surface area contributed by atoms with Crippen molar-refractivity contribution in [1.29, 1.82) is 5.26 Å². The molecule has 0 aliphatic heterocycles. The molecule has 0 heterocycles. The van der Waals surface area contributed by atoms with E-state index < -0.39 is 11.7 Å².